The zero-order chi connectivity index (χ0) is 20.3. The normalized spacial score (nSPS) is 12.5. The molecule has 2 heterocycles. The topological polar surface area (TPSA) is 88.1 Å². The van der Waals surface area contributed by atoms with Crippen molar-refractivity contribution >= 4 is 11.0 Å². The number of hydrogen-bond donors (Lipinski definition) is 1. The highest BCUT2D eigenvalue weighted by Gasteiger charge is 2.18. The number of fused-ring (bicyclic) bond motifs is 1. The Morgan fingerprint density at radius 1 is 1.11 bits per heavy atom. The van der Waals surface area contributed by atoms with E-state index in [-0.39, 0.29) is 6.04 Å². The van der Waals surface area contributed by atoms with Gasteiger partial charge in [0.1, 0.15) is 11.6 Å². The van der Waals surface area contributed by atoms with E-state index in [1.54, 1.807) is 14.2 Å². The molecular formula is C21H29N5O2. The van der Waals surface area contributed by atoms with E-state index < -0.39 is 0 Å². The summed E-state index contributed by atoms with van der Waals surface area (Å²) in [5.41, 5.74) is 11.0. The second-order valence-electron chi connectivity index (χ2n) is 7.15. The van der Waals surface area contributed by atoms with Crippen LogP contribution in [0.1, 0.15) is 35.6 Å². The molecule has 7 heteroatoms. The first kappa shape index (κ1) is 20.2. The third kappa shape index (κ3) is 4.15. The smallest absolute Gasteiger partial charge is 0.167 e. The van der Waals surface area contributed by atoms with Crippen molar-refractivity contribution in [3.63, 3.8) is 0 Å². The average Bonchev–Trinajstić information content (AvgIpc) is 3.00. The van der Waals surface area contributed by atoms with Crippen molar-refractivity contribution in [1.29, 1.82) is 0 Å². The zero-order valence-corrected chi connectivity index (χ0v) is 17.3. The van der Waals surface area contributed by atoms with Gasteiger partial charge in [-0.15, -0.1) is 0 Å². The van der Waals surface area contributed by atoms with Crippen LogP contribution in [0.3, 0.4) is 0 Å². The maximum atomic E-state index is 6.22. The van der Waals surface area contributed by atoms with E-state index in [1.807, 2.05) is 43.7 Å². The molecule has 1 unspecified atom stereocenters. The molecule has 0 aliphatic rings. The summed E-state index contributed by atoms with van der Waals surface area (Å²) < 4.78 is 12.4. The van der Waals surface area contributed by atoms with Crippen LogP contribution in [-0.2, 0) is 11.2 Å². The summed E-state index contributed by atoms with van der Waals surface area (Å²) in [5, 5.41) is 5.79. The minimum absolute atomic E-state index is 0.0875. The summed E-state index contributed by atoms with van der Waals surface area (Å²) in [6.07, 6.45) is 2.48. The number of benzene rings is 1. The molecule has 3 rings (SSSR count). The van der Waals surface area contributed by atoms with Gasteiger partial charge >= 0.3 is 0 Å². The van der Waals surface area contributed by atoms with Crippen LogP contribution in [0.25, 0.3) is 16.7 Å². The lowest BCUT2D eigenvalue weighted by Crippen LogP contribution is -2.22. The molecule has 1 atom stereocenters. The standard InChI is InChI=1S/C21H29N5O2/c1-13-12-17(28-5)7-9-19(13)26-21-20(14(2)25-26)18(23-15(3)24-21)8-6-16(22)10-11-27-4/h7,9,12,16H,6,8,10-11,22H2,1-5H3. The van der Waals surface area contributed by atoms with Crippen LogP contribution in [0.2, 0.25) is 0 Å². The Labute approximate surface area is 165 Å². The quantitative estimate of drug-likeness (QED) is 0.643. The maximum absolute atomic E-state index is 6.22. The molecule has 0 spiro atoms. The van der Waals surface area contributed by atoms with E-state index >= 15 is 0 Å². The van der Waals surface area contributed by atoms with Crippen LogP contribution >= 0.6 is 0 Å². The van der Waals surface area contributed by atoms with Crippen molar-refractivity contribution in [1.82, 2.24) is 19.7 Å². The van der Waals surface area contributed by atoms with Crippen molar-refractivity contribution in [2.24, 2.45) is 5.73 Å². The molecule has 28 heavy (non-hydrogen) atoms. The zero-order valence-electron chi connectivity index (χ0n) is 17.3. The van der Waals surface area contributed by atoms with Crippen LogP contribution in [0, 0.1) is 20.8 Å². The highest BCUT2D eigenvalue weighted by Crippen LogP contribution is 2.27. The molecule has 0 saturated carbocycles. The maximum Gasteiger partial charge on any atom is 0.167 e. The number of ether oxygens (including phenoxy) is 2. The Hall–Kier alpha value is -2.51. The second-order valence-corrected chi connectivity index (χ2v) is 7.15. The first-order valence-electron chi connectivity index (χ1n) is 9.57. The highest BCUT2D eigenvalue weighted by molar-refractivity contribution is 5.82. The SMILES string of the molecule is COCCC(N)CCc1nc(C)nc2c1c(C)nn2-c1ccc(OC)cc1C. The fourth-order valence-corrected chi connectivity index (χ4v) is 3.46. The van der Waals surface area contributed by atoms with Crippen molar-refractivity contribution < 1.29 is 9.47 Å². The molecule has 2 aromatic heterocycles. The van der Waals surface area contributed by atoms with Gasteiger partial charge in [-0.25, -0.2) is 14.6 Å². The molecule has 150 valence electrons. The lowest BCUT2D eigenvalue weighted by atomic mass is 10.1. The molecule has 0 radical (unpaired) electrons. The minimum Gasteiger partial charge on any atom is -0.497 e. The van der Waals surface area contributed by atoms with E-state index in [9.17, 15) is 0 Å². The van der Waals surface area contributed by atoms with Crippen molar-refractivity contribution in [3.05, 3.63) is 41.0 Å². The molecule has 0 fully saturated rings. The van der Waals surface area contributed by atoms with E-state index in [1.165, 1.54) is 0 Å². The van der Waals surface area contributed by atoms with Crippen LogP contribution in [0.4, 0.5) is 0 Å². The molecular weight excluding hydrogens is 354 g/mol. The Kier molecular flexibility index (Phi) is 6.26. The fraction of sp³-hybridized carbons (Fsp3) is 0.476. The third-order valence-corrected chi connectivity index (χ3v) is 4.97. The van der Waals surface area contributed by atoms with Crippen LogP contribution in [-0.4, -0.2) is 46.6 Å². The summed E-state index contributed by atoms with van der Waals surface area (Å²) in [7, 11) is 3.37. The molecule has 2 N–H and O–H groups in total. The van der Waals surface area contributed by atoms with Gasteiger partial charge in [-0.2, -0.15) is 5.10 Å². The number of nitrogens with zero attached hydrogens (tertiary/aromatic N) is 4. The van der Waals surface area contributed by atoms with Gasteiger partial charge in [0.15, 0.2) is 5.65 Å². The predicted octanol–water partition coefficient (Wildman–Crippen LogP) is 3.05. The molecule has 0 saturated heterocycles. The Bertz CT molecular complexity index is 967. The fourth-order valence-electron chi connectivity index (χ4n) is 3.46. The summed E-state index contributed by atoms with van der Waals surface area (Å²) in [6, 6.07) is 6.04. The molecule has 3 aromatic rings. The van der Waals surface area contributed by atoms with Crippen molar-refractivity contribution in [2.45, 2.75) is 46.1 Å². The van der Waals surface area contributed by atoms with Crippen molar-refractivity contribution in [2.75, 3.05) is 20.8 Å². The number of nitrogens with two attached hydrogens (primary N) is 1. The number of methoxy groups -OCH3 is 2. The largest absolute Gasteiger partial charge is 0.497 e. The van der Waals surface area contributed by atoms with Gasteiger partial charge in [-0.1, -0.05) is 0 Å². The summed E-state index contributed by atoms with van der Waals surface area (Å²) in [4.78, 5) is 9.40. The average molecular weight is 383 g/mol. The number of aryl methyl sites for hydroxylation is 4. The Morgan fingerprint density at radius 2 is 1.89 bits per heavy atom. The van der Waals surface area contributed by atoms with Gasteiger partial charge in [0.25, 0.3) is 0 Å². The molecule has 0 bridgehead atoms. The van der Waals surface area contributed by atoms with Gasteiger partial charge < -0.3 is 15.2 Å². The van der Waals surface area contributed by atoms with Crippen LogP contribution in [0.15, 0.2) is 18.2 Å². The second kappa shape index (κ2) is 8.67. The summed E-state index contributed by atoms with van der Waals surface area (Å²) >= 11 is 0. The first-order valence-corrected chi connectivity index (χ1v) is 9.57. The highest BCUT2D eigenvalue weighted by atomic mass is 16.5. The Balaban J connectivity index is 2.00. The third-order valence-electron chi connectivity index (χ3n) is 4.97. The van der Waals surface area contributed by atoms with Gasteiger partial charge in [0.05, 0.1) is 29.6 Å². The number of hydrogen-bond acceptors (Lipinski definition) is 6. The van der Waals surface area contributed by atoms with E-state index in [0.717, 1.165) is 64.5 Å². The monoisotopic (exact) mass is 383 g/mol. The van der Waals surface area contributed by atoms with Gasteiger partial charge in [0.2, 0.25) is 0 Å². The summed E-state index contributed by atoms with van der Waals surface area (Å²) in [6.45, 7) is 6.64. The lowest BCUT2D eigenvalue weighted by Gasteiger charge is -2.12. The first-order chi connectivity index (χ1) is 13.4. The summed E-state index contributed by atoms with van der Waals surface area (Å²) in [5.74, 6) is 1.56. The van der Waals surface area contributed by atoms with E-state index in [0.29, 0.717) is 6.61 Å². The van der Waals surface area contributed by atoms with Gasteiger partial charge in [0, 0.05) is 19.8 Å². The number of aromatic nitrogens is 4. The van der Waals surface area contributed by atoms with E-state index in [4.69, 9.17) is 30.3 Å². The van der Waals surface area contributed by atoms with E-state index in [2.05, 4.69) is 0 Å². The Morgan fingerprint density at radius 3 is 2.57 bits per heavy atom. The predicted molar refractivity (Wildman–Crippen MR) is 110 cm³/mol. The molecule has 0 aliphatic heterocycles. The minimum atomic E-state index is 0.0875. The molecule has 1 aromatic carbocycles. The van der Waals surface area contributed by atoms with Crippen molar-refractivity contribution in [3.8, 4) is 11.4 Å². The van der Waals surface area contributed by atoms with Gasteiger partial charge in [-0.3, -0.25) is 0 Å². The van der Waals surface area contributed by atoms with Crippen LogP contribution in [0.5, 0.6) is 5.75 Å². The molecule has 0 aliphatic carbocycles. The van der Waals surface area contributed by atoms with Gasteiger partial charge in [-0.05, 0) is 63.8 Å². The molecule has 7 nitrogen and oxygen atoms in total. The molecule has 0 amide bonds. The number of rotatable bonds is 8. The lowest BCUT2D eigenvalue weighted by molar-refractivity contribution is 0.186. The van der Waals surface area contributed by atoms with Crippen LogP contribution < -0.4 is 10.5 Å².